The molecule has 3 rings (SSSR count). The molecule has 1 nitrogen and oxygen atoms in total. The third kappa shape index (κ3) is 1.48. The predicted molar refractivity (Wildman–Crippen MR) is 65.1 cm³/mol. The van der Waals surface area contributed by atoms with Crippen LogP contribution in [0.5, 0.6) is 0 Å². The van der Waals surface area contributed by atoms with E-state index in [2.05, 4.69) is 11.4 Å². The van der Waals surface area contributed by atoms with Crippen molar-refractivity contribution in [1.82, 2.24) is 0 Å². The number of hydrogen-bond donors (Lipinski definition) is 1. The molecule has 0 unspecified atom stereocenters. The fourth-order valence-electron chi connectivity index (χ4n) is 1.83. The Kier molecular flexibility index (Phi) is 2.33. The Morgan fingerprint density at radius 2 is 1.81 bits per heavy atom. The summed E-state index contributed by atoms with van der Waals surface area (Å²) in [6.07, 6.45) is 0. The van der Waals surface area contributed by atoms with Gasteiger partial charge in [-0.1, -0.05) is 36.0 Å². The van der Waals surface area contributed by atoms with E-state index >= 15 is 0 Å². The van der Waals surface area contributed by atoms with Gasteiger partial charge in [-0.3, -0.25) is 0 Å². The van der Waals surface area contributed by atoms with Gasteiger partial charge in [0, 0.05) is 15.4 Å². The molecule has 16 heavy (non-hydrogen) atoms. The highest BCUT2D eigenvalue weighted by atomic mass is 32.2. The molecular weight excluding hydrogens is 221 g/mol. The molecule has 1 heterocycles. The van der Waals surface area contributed by atoms with Crippen molar-refractivity contribution < 1.29 is 4.39 Å². The zero-order valence-electron chi connectivity index (χ0n) is 8.53. The lowest BCUT2D eigenvalue weighted by atomic mass is 10.1. The number of fused-ring (bicyclic) bond motifs is 2. The minimum Gasteiger partial charge on any atom is -0.353 e. The number of alkyl halides is 1. The van der Waals surface area contributed by atoms with Crippen molar-refractivity contribution >= 4 is 23.1 Å². The lowest BCUT2D eigenvalue weighted by Crippen LogP contribution is -2.02. The molecule has 1 aliphatic rings. The summed E-state index contributed by atoms with van der Waals surface area (Å²) in [5.74, 6) is 0. The van der Waals surface area contributed by atoms with Gasteiger partial charge in [0.2, 0.25) is 0 Å². The number of halogens is 1. The number of para-hydroxylation sites is 2. The van der Waals surface area contributed by atoms with E-state index < -0.39 is 6.67 Å². The SMILES string of the molecule is FCc1cccc2c1Nc1ccccc1S2. The second-order valence-electron chi connectivity index (χ2n) is 3.65. The molecule has 1 aliphatic heterocycles. The largest absolute Gasteiger partial charge is 0.353 e. The van der Waals surface area contributed by atoms with Crippen molar-refractivity contribution in [3.8, 4) is 0 Å². The van der Waals surface area contributed by atoms with Crippen LogP contribution >= 0.6 is 11.8 Å². The highest BCUT2D eigenvalue weighted by Gasteiger charge is 2.17. The second kappa shape index (κ2) is 3.83. The Balaban J connectivity index is 2.12. The van der Waals surface area contributed by atoms with Gasteiger partial charge in [-0.05, 0) is 18.2 Å². The van der Waals surface area contributed by atoms with Gasteiger partial charge in [0.05, 0.1) is 11.4 Å². The van der Waals surface area contributed by atoms with Gasteiger partial charge >= 0.3 is 0 Å². The van der Waals surface area contributed by atoms with Crippen LogP contribution in [0.25, 0.3) is 0 Å². The fourth-order valence-corrected chi connectivity index (χ4v) is 2.87. The number of benzene rings is 2. The smallest absolute Gasteiger partial charge is 0.117 e. The Hall–Kier alpha value is -1.48. The molecule has 0 saturated carbocycles. The van der Waals surface area contributed by atoms with Crippen molar-refractivity contribution in [2.75, 3.05) is 5.32 Å². The molecular formula is C13H10FNS. The summed E-state index contributed by atoms with van der Waals surface area (Å²) >= 11 is 1.68. The van der Waals surface area contributed by atoms with E-state index in [4.69, 9.17) is 0 Å². The van der Waals surface area contributed by atoms with Crippen LogP contribution in [0.15, 0.2) is 52.3 Å². The summed E-state index contributed by atoms with van der Waals surface area (Å²) in [5, 5.41) is 3.30. The molecule has 0 aliphatic carbocycles. The minimum absolute atomic E-state index is 0.432. The quantitative estimate of drug-likeness (QED) is 0.667. The van der Waals surface area contributed by atoms with Crippen LogP contribution in [0.2, 0.25) is 0 Å². The van der Waals surface area contributed by atoms with Gasteiger partial charge in [0.15, 0.2) is 0 Å². The van der Waals surface area contributed by atoms with Gasteiger partial charge in [-0.2, -0.15) is 0 Å². The van der Waals surface area contributed by atoms with Crippen molar-refractivity contribution in [1.29, 1.82) is 0 Å². The van der Waals surface area contributed by atoms with Gasteiger partial charge < -0.3 is 5.32 Å². The normalized spacial score (nSPS) is 12.6. The average Bonchev–Trinajstić information content (AvgIpc) is 2.35. The van der Waals surface area contributed by atoms with Gasteiger partial charge in [0.25, 0.3) is 0 Å². The number of hydrogen-bond acceptors (Lipinski definition) is 2. The Morgan fingerprint density at radius 3 is 2.69 bits per heavy atom. The fraction of sp³-hybridized carbons (Fsp3) is 0.0769. The van der Waals surface area contributed by atoms with Gasteiger partial charge in [-0.15, -0.1) is 0 Å². The molecule has 0 aromatic heterocycles. The van der Waals surface area contributed by atoms with E-state index in [1.165, 1.54) is 4.90 Å². The highest BCUT2D eigenvalue weighted by molar-refractivity contribution is 7.99. The van der Waals surface area contributed by atoms with Crippen molar-refractivity contribution in [2.24, 2.45) is 0 Å². The van der Waals surface area contributed by atoms with E-state index in [1.807, 2.05) is 36.4 Å². The summed E-state index contributed by atoms with van der Waals surface area (Å²) in [7, 11) is 0. The van der Waals surface area contributed by atoms with Crippen LogP contribution in [0.1, 0.15) is 5.56 Å². The molecule has 0 spiro atoms. The molecule has 1 N–H and O–H groups in total. The van der Waals surface area contributed by atoms with E-state index in [9.17, 15) is 4.39 Å². The molecule has 0 amide bonds. The first-order valence-corrected chi connectivity index (χ1v) is 5.92. The second-order valence-corrected chi connectivity index (χ2v) is 4.73. The van der Waals surface area contributed by atoms with Crippen molar-refractivity contribution in [2.45, 2.75) is 16.5 Å². The van der Waals surface area contributed by atoms with Gasteiger partial charge in [0.1, 0.15) is 6.67 Å². The van der Waals surface area contributed by atoms with Crippen LogP contribution in [0.3, 0.4) is 0 Å². The topological polar surface area (TPSA) is 12.0 Å². The lowest BCUT2D eigenvalue weighted by molar-refractivity contribution is 0.486. The molecule has 0 atom stereocenters. The van der Waals surface area contributed by atoms with Crippen molar-refractivity contribution in [3.63, 3.8) is 0 Å². The molecule has 0 saturated heterocycles. The molecule has 0 bridgehead atoms. The first-order chi connectivity index (χ1) is 7.88. The van der Waals surface area contributed by atoms with E-state index in [1.54, 1.807) is 11.8 Å². The third-order valence-electron chi connectivity index (χ3n) is 2.62. The number of anilines is 2. The maximum absolute atomic E-state index is 12.8. The van der Waals surface area contributed by atoms with Crippen LogP contribution in [0.4, 0.5) is 15.8 Å². The molecule has 2 aromatic rings. The Bertz CT molecular complexity index is 539. The van der Waals surface area contributed by atoms with E-state index in [0.29, 0.717) is 0 Å². The monoisotopic (exact) mass is 231 g/mol. The van der Waals surface area contributed by atoms with Crippen LogP contribution in [0, 0.1) is 0 Å². The summed E-state index contributed by atoms with van der Waals surface area (Å²) in [6, 6.07) is 13.8. The predicted octanol–water partition coefficient (Wildman–Crippen LogP) is 4.36. The van der Waals surface area contributed by atoms with Crippen LogP contribution in [-0.4, -0.2) is 0 Å². The zero-order valence-corrected chi connectivity index (χ0v) is 9.35. The summed E-state index contributed by atoms with van der Waals surface area (Å²) < 4.78 is 12.8. The molecule has 2 aromatic carbocycles. The summed E-state index contributed by atoms with van der Waals surface area (Å²) in [4.78, 5) is 2.28. The van der Waals surface area contributed by atoms with Crippen molar-refractivity contribution in [3.05, 3.63) is 48.0 Å². The maximum Gasteiger partial charge on any atom is 0.117 e. The number of rotatable bonds is 1. The third-order valence-corrected chi connectivity index (χ3v) is 3.76. The minimum atomic E-state index is -0.432. The molecule has 3 heteroatoms. The standard InChI is InChI=1S/C13H10FNS/c14-8-9-4-3-7-12-13(9)15-10-5-1-2-6-11(10)16-12/h1-7,15H,8H2. The van der Waals surface area contributed by atoms with Gasteiger partial charge in [-0.25, -0.2) is 4.39 Å². The average molecular weight is 231 g/mol. The van der Waals surface area contributed by atoms with E-state index in [-0.39, 0.29) is 0 Å². The van der Waals surface area contributed by atoms with Crippen LogP contribution in [-0.2, 0) is 6.67 Å². The molecule has 0 fully saturated rings. The molecule has 80 valence electrons. The van der Waals surface area contributed by atoms with Crippen LogP contribution < -0.4 is 5.32 Å². The zero-order chi connectivity index (χ0) is 11.0. The molecule has 0 radical (unpaired) electrons. The first-order valence-electron chi connectivity index (χ1n) is 5.10. The Morgan fingerprint density at radius 1 is 1.00 bits per heavy atom. The van der Waals surface area contributed by atoms with E-state index in [0.717, 1.165) is 21.8 Å². The maximum atomic E-state index is 12.8. The highest BCUT2D eigenvalue weighted by Crippen LogP contribution is 2.45. The lowest BCUT2D eigenvalue weighted by Gasteiger charge is -2.22. The summed E-state index contributed by atoms with van der Waals surface area (Å²) in [6.45, 7) is -0.432. The number of nitrogens with one attached hydrogen (secondary N) is 1. The Labute approximate surface area is 97.7 Å². The first kappa shape index (κ1) is 9.73. The summed E-state index contributed by atoms with van der Waals surface area (Å²) in [5.41, 5.74) is 2.69.